The molecular weight excluding hydrogens is 351 g/mol. The smallest absolute Gasteiger partial charge is 0.748 e. The van der Waals surface area contributed by atoms with Crippen molar-refractivity contribution in [2.24, 2.45) is 0 Å². The monoisotopic (exact) mass is 388 g/mol. The zero-order valence-electron chi connectivity index (χ0n) is 16.1. The second kappa shape index (κ2) is 17.9. The Hall–Kier alpha value is 1.51. The van der Waals surface area contributed by atoms with Gasteiger partial charge in [-0.05, 0) is 25.7 Å². The first-order valence-electron chi connectivity index (χ1n) is 9.54. The largest absolute Gasteiger partial charge is 1.00 e. The maximum Gasteiger partial charge on any atom is 1.00 e. The van der Waals surface area contributed by atoms with Crippen LogP contribution in [0.4, 0.5) is 0 Å². The minimum atomic E-state index is -4.11. The fraction of sp³-hybridized carbons (Fsp3) is 1.00. The third-order valence-corrected chi connectivity index (χ3v) is 5.95. The van der Waals surface area contributed by atoms with E-state index >= 15 is 0 Å². The molecule has 0 fully saturated rings. The normalized spacial score (nSPS) is 14.2. The second-order valence-corrected chi connectivity index (χ2v) is 8.38. The maximum absolute atomic E-state index is 11.0. The summed E-state index contributed by atoms with van der Waals surface area (Å²) in [6.07, 6.45) is 13.8. The minimum absolute atomic E-state index is 0. The van der Waals surface area contributed by atoms with Crippen LogP contribution in [0.25, 0.3) is 0 Å². The standard InChI is InChI=1S/C18H38O4S.K/c1-3-5-14-17(19)15-12-10-8-6-7-9-11-13-16-18(4-2)23(20,21)22;/h17-19H,3-16H2,1-2H3,(H,20,21,22);/q;+1/p-1. The molecule has 0 bridgehead atoms. The van der Waals surface area contributed by atoms with E-state index in [1.807, 2.05) is 0 Å². The molecule has 0 aliphatic carbocycles. The van der Waals surface area contributed by atoms with Crippen LogP contribution < -0.4 is 51.4 Å². The molecule has 24 heavy (non-hydrogen) atoms. The predicted octanol–water partition coefficient (Wildman–Crippen LogP) is 1.77. The van der Waals surface area contributed by atoms with E-state index in [1.54, 1.807) is 6.92 Å². The van der Waals surface area contributed by atoms with E-state index in [0.29, 0.717) is 12.8 Å². The average molecular weight is 389 g/mol. The van der Waals surface area contributed by atoms with Crippen LogP contribution in [0.5, 0.6) is 0 Å². The molecule has 0 spiro atoms. The van der Waals surface area contributed by atoms with Crippen LogP contribution in [0.2, 0.25) is 0 Å². The number of hydrogen-bond acceptors (Lipinski definition) is 4. The summed E-state index contributed by atoms with van der Waals surface area (Å²) >= 11 is 0. The predicted molar refractivity (Wildman–Crippen MR) is 95.5 cm³/mol. The number of rotatable bonds is 16. The number of aliphatic hydroxyl groups excluding tert-OH is 1. The number of aliphatic hydroxyl groups is 1. The molecule has 2 atom stereocenters. The Morgan fingerprint density at radius 1 is 0.792 bits per heavy atom. The molecular formula is C18H37KO4S. The molecule has 0 saturated heterocycles. The molecule has 0 radical (unpaired) electrons. The van der Waals surface area contributed by atoms with Gasteiger partial charge in [0.15, 0.2) is 0 Å². The van der Waals surface area contributed by atoms with E-state index < -0.39 is 15.4 Å². The zero-order valence-corrected chi connectivity index (χ0v) is 20.1. The third kappa shape index (κ3) is 16.9. The maximum atomic E-state index is 11.0. The Bertz CT molecular complexity index is 360. The molecule has 4 nitrogen and oxygen atoms in total. The van der Waals surface area contributed by atoms with Gasteiger partial charge in [0.2, 0.25) is 0 Å². The molecule has 6 heteroatoms. The first kappa shape index (κ1) is 27.7. The molecule has 0 amide bonds. The molecule has 0 aromatic rings. The molecule has 0 aliphatic heterocycles. The fourth-order valence-corrected chi connectivity index (χ4v) is 3.81. The summed E-state index contributed by atoms with van der Waals surface area (Å²) in [6.45, 7) is 3.91. The van der Waals surface area contributed by atoms with Crippen LogP contribution in [0, 0.1) is 0 Å². The Balaban J connectivity index is 0. The topological polar surface area (TPSA) is 77.4 Å². The van der Waals surface area contributed by atoms with E-state index in [-0.39, 0.29) is 57.5 Å². The molecule has 2 unspecified atom stereocenters. The Morgan fingerprint density at radius 3 is 1.62 bits per heavy atom. The van der Waals surface area contributed by atoms with Crippen molar-refractivity contribution in [3.63, 3.8) is 0 Å². The van der Waals surface area contributed by atoms with E-state index in [9.17, 15) is 18.1 Å². The van der Waals surface area contributed by atoms with Gasteiger partial charge in [0.25, 0.3) is 0 Å². The van der Waals surface area contributed by atoms with E-state index in [2.05, 4.69) is 6.92 Å². The summed E-state index contributed by atoms with van der Waals surface area (Å²) in [5, 5.41) is 9.04. The molecule has 1 N–H and O–H groups in total. The van der Waals surface area contributed by atoms with E-state index in [4.69, 9.17) is 0 Å². The first-order chi connectivity index (χ1) is 10.9. The van der Waals surface area contributed by atoms with Gasteiger partial charge in [0.05, 0.1) is 16.2 Å². The quantitative estimate of drug-likeness (QED) is 0.248. The fourth-order valence-electron chi connectivity index (χ4n) is 2.95. The summed E-state index contributed by atoms with van der Waals surface area (Å²) in [6, 6.07) is 0. The van der Waals surface area contributed by atoms with Crippen molar-refractivity contribution >= 4 is 10.1 Å². The van der Waals surface area contributed by atoms with Gasteiger partial charge < -0.3 is 9.66 Å². The summed E-state index contributed by atoms with van der Waals surface area (Å²) < 4.78 is 32.9. The van der Waals surface area contributed by atoms with Crippen molar-refractivity contribution in [2.45, 2.75) is 115 Å². The summed E-state index contributed by atoms with van der Waals surface area (Å²) in [5.41, 5.74) is 0. The number of hydrogen-bond donors (Lipinski definition) is 1. The molecule has 0 aromatic carbocycles. The van der Waals surface area contributed by atoms with Gasteiger partial charge in [-0.15, -0.1) is 0 Å². The van der Waals surface area contributed by atoms with Gasteiger partial charge in [0.1, 0.15) is 0 Å². The van der Waals surface area contributed by atoms with Gasteiger partial charge in [-0.1, -0.05) is 78.1 Å². The van der Waals surface area contributed by atoms with Crippen molar-refractivity contribution in [1.29, 1.82) is 0 Å². The molecule has 0 saturated carbocycles. The molecule has 0 aromatic heterocycles. The zero-order chi connectivity index (χ0) is 17.6. The first-order valence-corrected chi connectivity index (χ1v) is 11.0. The molecule has 140 valence electrons. The van der Waals surface area contributed by atoms with Crippen LogP contribution in [-0.2, 0) is 10.1 Å². The van der Waals surface area contributed by atoms with Gasteiger partial charge in [-0.3, -0.25) is 0 Å². The molecule has 0 heterocycles. The summed E-state index contributed by atoms with van der Waals surface area (Å²) in [4.78, 5) is 0. The van der Waals surface area contributed by atoms with Crippen LogP contribution in [0.15, 0.2) is 0 Å². The Labute approximate surface area is 192 Å². The van der Waals surface area contributed by atoms with E-state index in [0.717, 1.165) is 51.4 Å². The Morgan fingerprint density at radius 2 is 1.21 bits per heavy atom. The minimum Gasteiger partial charge on any atom is -0.748 e. The van der Waals surface area contributed by atoms with Crippen molar-refractivity contribution < 1.29 is 69.5 Å². The molecule has 0 aliphatic rings. The summed E-state index contributed by atoms with van der Waals surface area (Å²) in [5.74, 6) is 0. The van der Waals surface area contributed by atoms with Crippen LogP contribution in [0.3, 0.4) is 0 Å². The van der Waals surface area contributed by atoms with E-state index in [1.165, 1.54) is 25.7 Å². The van der Waals surface area contributed by atoms with Crippen LogP contribution in [-0.4, -0.2) is 29.4 Å². The summed E-state index contributed by atoms with van der Waals surface area (Å²) in [7, 11) is -4.11. The second-order valence-electron chi connectivity index (χ2n) is 6.72. The average Bonchev–Trinajstić information content (AvgIpc) is 2.49. The number of unbranched alkanes of at least 4 members (excludes halogenated alkanes) is 8. The van der Waals surface area contributed by atoms with Crippen molar-refractivity contribution in [3.8, 4) is 0 Å². The SMILES string of the molecule is CCCCC(O)CCCCCCCCCCC(CC)S(=O)(=O)[O-].[K+]. The molecule has 0 rings (SSSR count). The van der Waals surface area contributed by atoms with Crippen molar-refractivity contribution in [2.75, 3.05) is 0 Å². The van der Waals surface area contributed by atoms with Gasteiger partial charge in [0, 0.05) is 5.25 Å². The van der Waals surface area contributed by atoms with Crippen molar-refractivity contribution in [1.82, 2.24) is 0 Å². The van der Waals surface area contributed by atoms with Crippen LogP contribution >= 0.6 is 0 Å². The van der Waals surface area contributed by atoms with Crippen LogP contribution in [0.1, 0.15) is 104 Å². The van der Waals surface area contributed by atoms with Gasteiger partial charge >= 0.3 is 51.4 Å². The van der Waals surface area contributed by atoms with Gasteiger partial charge in [-0.2, -0.15) is 0 Å². The third-order valence-electron chi connectivity index (χ3n) is 4.57. The van der Waals surface area contributed by atoms with Gasteiger partial charge in [-0.25, -0.2) is 8.42 Å². The van der Waals surface area contributed by atoms with Crippen molar-refractivity contribution in [3.05, 3.63) is 0 Å². The Kier molecular flexibility index (Phi) is 20.7.